The Balaban J connectivity index is 2.07. The zero-order valence-corrected chi connectivity index (χ0v) is 12.0. The van der Waals surface area contributed by atoms with E-state index in [9.17, 15) is 9.50 Å². The molecule has 1 saturated carbocycles. The third-order valence-corrected chi connectivity index (χ3v) is 4.26. The number of aliphatic hydroxyl groups is 1. The van der Waals surface area contributed by atoms with Crippen LogP contribution < -0.4 is 5.32 Å². The van der Waals surface area contributed by atoms with Crippen LogP contribution in [-0.4, -0.2) is 17.7 Å². The van der Waals surface area contributed by atoms with Gasteiger partial charge in [-0.2, -0.15) is 0 Å². The smallest absolute Gasteiger partial charge is 0.123 e. The van der Waals surface area contributed by atoms with E-state index in [0.717, 1.165) is 25.8 Å². The van der Waals surface area contributed by atoms with Crippen LogP contribution in [0.15, 0.2) is 18.2 Å². The first kappa shape index (κ1) is 14.8. The molecule has 1 fully saturated rings. The molecule has 0 bridgehead atoms. The van der Waals surface area contributed by atoms with Crippen molar-refractivity contribution >= 4 is 11.6 Å². The topological polar surface area (TPSA) is 32.3 Å². The summed E-state index contributed by atoms with van der Waals surface area (Å²) < 4.78 is 13.3. The lowest BCUT2D eigenvalue weighted by Crippen LogP contribution is -2.40. The van der Waals surface area contributed by atoms with Crippen LogP contribution in [0.5, 0.6) is 0 Å². The minimum atomic E-state index is -0.983. The fourth-order valence-electron chi connectivity index (χ4n) is 2.77. The highest BCUT2D eigenvalue weighted by Gasteiger charge is 2.36. The summed E-state index contributed by atoms with van der Waals surface area (Å²) in [6, 6.07) is 4.66. The molecule has 0 aromatic heterocycles. The molecular weight excluding hydrogens is 265 g/mol. The Labute approximate surface area is 119 Å². The molecule has 1 aromatic carbocycles. The van der Waals surface area contributed by atoms with Gasteiger partial charge in [0.15, 0.2) is 0 Å². The van der Waals surface area contributed by atoms with Gasteiger partial charge in [-0.15, -0.1) is 0 Å². The molecule has 1 aromatic rings. The van der Waals surface area contributed by atoms with Crippen LogP contribution in [0.4, 0.5) is 4.39 Å². The first-order valence-corrected chi connectivity index (χ1v) is 7.34. The van der Waals surface area contributed by atoms with Crippen molar-refractivity contribution in [1.29, 1.82) is 0 Å². The van der Waals surface area contributed by atoms with Crippen molar-refractivity contribution in [3.05, 3.63) is 34.6 Å². The first-order chi connectivity index (χ1) is 9.05. The van der Waals surface area contributed by atoms with Crippen LogP contribution in [-0.2, 0) is 5.60 Å². The number of hydrogen-bond acceptors (Lipinski definition) is 2. The average molecular weight is 286 g/mol. The number of rotatable bonds is 4. The highest BCUT2D eigenvalue weighted by molar-refractivity contribution is 6.31. The molecule has 2 rings (SSSR count). The molecular formula is C15H21ClFNO. The Morgan fingerprint density at radius 3 is 2.74 bits per heavy atom. The molecule has 4 heteroatoms. The Morgan fingerprint density at radius 2 is 2.11 bits per heavy atom. The Morgan fingerprint density at radius 1 is 1.42 bits per heavy atom. The fraction of sp³-hybridized carbons (Fsp3) is 0.600. The molecule has 1 aliphatic rings. The quantitative estimate of drug-likeness (QED) is 0.886. The molecule has 2 N–H and O–H groups in total. The SMILES string of the molecule is CCCNC1CCC(O)(c2cc(F)ccc2Cl)CC1. The van der Waals surface area contributed by atoms with E-state index in [4.69, 9.17) is 11.6 Å². The average Bonchev–Trinajstić information content (AvgIpc) is 2.41. The molecule has 2 nitrogen and oxygen atoms in total. The Hall–Kier alpha value is -0.640. The van der Waals surface area contributed by atoms with E-state index < -0.39 is 5.60 Å². The van der Waals surface area contributed by atoms with E-state index in [2.05, 4.69) is 12.2 Å². The maximum Gasteiger partial charge on any atom is 0.123 e. The van der Waals surface area contributed by atoms with Crippen molar-refractivity contribution in [1.82, 2.24) is 5.32 Å². The van der Waals surface area contributed by atoms with E-state index in [1.54, 1.807) is 0 Å². The lowest BCUT2D eigenvalue weighted by Gasteiger charge is -2.37. The zero-order chi connectivity index (χ0) is 13.9. The maximum absolute atomic E-state index is 13.3. The summed E-state index contributed by atoms with van der Waals surface area (Å²) >= 11 is 6.10. The molecule has 0 spiro atoms. The van der Waals surface area contributed by atoms with Gasteiger partial charge in [-0.25, -0.2) is 4.39 Å². The molecule has 1 aliphatic carbocycles. The van der Waals surface area contributed by atoms with Gasteiger partial charge in [0.05, 0.1) is 5.60 Å². The van der Waals surface area contributed by atoms with Crippen molar-refractivity contribution in [2.75, 3.05) is 6.54 Å². The summed E-state index contributed by atoms with van der Waals surface area (Å²) in [6.45, 7) is 3.14. The van der Waals surface area contributed by atoms with E-state index in [-0.39, 0.29) is 5.82 Å². The van der Waals surface area contributed by atoms with Crippen molar-refractivity contribution in [2.24, 2.45) is 0 Å². The lowest BCUT2D eigenvalue weighted by atomic mass is 9.77. The summed E-state index contributed by atoms with van der Waals surface area (Å²) in [6.07, 6.45) is 4.14. The van der Waals surface area contributed by atoms with Gasteiger partial charge in [-0.1, -0.05) is 18.5 Å². The number of benzene rings is 1. The standard InChI is InChI=1S/C15H21ClFNO/c1-2-9-18-12-5-7-15(19,8-6-12)13-10-11(17)3-4-14(13)16/h3-4,10,12,18-19H,2,5-9H2,1H3. The van der Waals surface area contributed by atoms with Gasteiger partial charge in [0, 0.05) is 16.6 Å². The largest absolute Gasteiger partial charge is 0.385 e. The number of hydrogen-bond donors (Lipinski definition) is 2. The van der Waals surface area contributed by atoms with Gasteiger partial charge in [0.25, 0.3) is 0 Å². The Kier molecular flexibility index (Phi) is 4.82. The summed E-state index contributed by atoms with van der Waals surface area (Å²) in [5.74, 6) is -0.348. The second-order valence-electron chi connectivity index (χ2n) is 5.38. The van der Waals surface area contributed by atoms with Crippen LogP contribution >= 0.6 is 11.6 Å². The predicted octanol–water partition coefficient (Wildman–Crippen LogP) is 3.61. The number of nitrogens with one attached hydrogen (secondary N) is 1. The monoisotopic (exact) mass is 285 g/mol. The van der Waals surface area contributed by atoms with Crippen molar-refractivity contribution in [3.8, 4) is 0 Å². The summed E-state index contributed by atoms with van der Waals surface area (Å²) in [5.41, 5.74) is -0.452. The lowest BCUT2D eigenvalue weighted by molar-refractivity contribution is -0.00841. The molecule has 19 heavy (non-hydrogen) atoms. The van der Waals surface area contributed by atoms with Crippen molar-refractivity contribution < 1.29 is 9.50 Å². The fourth-order valence-corrected chi connectivity index (χ4v) is 3.06. The van der Waals surface area contributed by atoms with Crippen LogP contribution in [0.25, 0.3) is 0 Å². The molecule has 0 unspecified atom stereocenters. The summed E-state index contributed by atoms with van der Waals surface area (Å²) in [7, 11) is 0. The van der Waals surface area contributed by atoms with E-state index in [1.807, 2.05) is 0 Å². The molecule has 0 radical (unpaired) electrons. The third kappa shape index (κ3) is 3.47. The zero-order valence-electron chi connectivity index (χ0n) is 11.3. The van der Waals surface area contributed by atoms with E-state index >= 15 is 0 Å². The minimum Gasteiger partial charge on any atom is -0.385 e. The highest BCUT2D eigenvalue weighted by Crippen LogP contribution is 2.40. The Bertz CT molecular complexity index is 430. The first-order valence-electron chi connectivity index (χ1n) is 6.96. The van der Waals surface area contributed by atoms with Crippen LogP contribution in [0.2, 0.25) is 5.02 Å². The van der Waals surface area contributed by atoms with E-state index in [0.29, 0.717) is 29.5 Å². The van der Waals surface area contributed by atoms with Gasteiger partial charge < -0.3 is 10.4 Å². The molecule has 0 aliphatic heterocycles. The highest BCUT2D eigenvalue weighted by atomic mass is 35.5. The third-order valence-electron chi connectivity index (χ3n) is 3.93. The predicted molar refractivity (Wildman–Crippen MR) is 75.9 cm³/mol. The summed E-state index contributed by atoms with van der Waals surface area (Å²) in [5, 5.41) is 14.6. The molecule has 106 valence electrons. The molecule has 0 atom stereocenters. The van der Waals surface area contributed by atoms with Crippen molar-refractivity contribution in [3.63, 3.8) is 0 Å². The van der Waals surface area contributed by atoms with Gasteiger partial charge in [-0.05, 0) is 56.8 Å². The van der Waals surface area contributed by atoms with Gasteiger partial charge in [-0.3, -0.25) is 0 Å². The number of halogens is 2. The second kappa shape index (κ2) is 6.21. The van der Waals surface area contributed by atoms with Crippen LogP contribution in [0.3, 0.4) is 0 Å². The molecule has 0 amide bonds. The van der Waals surface area contributed by atoms with Gasteiger partial charge >= 0.3 is 0 Å². The summed E-state index contributed by atoms with van der Waals surface area (Å²) in [4.78, 5) is 0. The molecule has 0 heterocycles. The second-order valence-corrected chi connectivity index (χ2v) is 5.79. The normalized spacial score (nSPS) is 27.5. The van der Waals surface area contributed by atoms with Crippen LogP contribution in [0.1, 0.15) is 44.6 Å². The molecule has 0 saturated heterocycles. The maximum atomic E-state index is 13.3. The van der Waals surface area contributed by atoms with Gasteiger partial charge in [0.1, 0.15) is 5.82 Å². The van der Waals surface area contributed by atoms with Crippen LogP contribution in [0, 0.1) is 5.82 Å². The minimum absolute atomic E-state index is 0.348. The van der Waals surface area contributed by atoms with E-state index in [1.165, 1.54) is 18.2 Å². The van der Waals surface area contributed by atoms with Gasteiger partial charge in [0.2, 0.25) is 0 Å². The van der Waals surface area contributed by atoms with Crippen molar-refractivity contribution in [2.45, 2.75) is 50.7 Å².